The Hall–Kier alpha value is -0.570. The number of carbonyl (C=O) groups is 1. The first-order valence-corrected chi connectivity index (χ1v) is 5.71. The van der Waals surface area contributed by atoms with Gasteiger partial charge >= 0.3 is 0 Å². The van der Waals surface area contributed by atoms with Crippen molar-refractivity contribution >= 4 is 5.91 Å². The van der Waals surface area contributed by atoms with Crippen LogP contribution in [-0.4, -0.2) is 24.5 Å². The van der Waals surface area contributed by atoms with Crippen LogP contribution >= 0.6 is 0 Å². The molecule has 0 heterocycles. The average molecular weight is 198 g/mol. The van der Waals surface area contributed by atoms with Crippen molar-refractivity contribution in [3.63, 3.8) is 0 Å². The smallest absolute Gasteiger partial charge is 0.234 e. The van der Waals surface area contributed by atoms with E-state index < -0.39 is 0 Å². The molecule has 82 valence electrons. The van der Waals surface area contributed by atoms with Crippen molar-refractivity contribution in [3.05, 3.63) is 0 Å². The van der Waals surface area contributed by atoms with Gasteiger partial charge in [0.25, 0.3) is 0 Å². The molecule has 3 nitrogen and oxygen atoms in total. The molecule has 0 aliphatic heterocycles. The third-order valence-electron chi connectivity index (χ3n) is 2.64. The van der Waals surface area contributed by atoms with Gasteiger partial charge in [0.15, 0.2) is 0 Å². The van der Waals surface area contributed by atoms with E-state index in [1.54, 1.807) is 0 Å². The lowest BCUT2D eigenvalue weighted by Gasteiger charge is -2.23. The summed E-state index contributed by atoms with van der Waals surface area (Å²) < 4.78 is 0. The Labute approximate surface area is 86.6 Å². The monoisotopic (exact) mass is 198 g/mol. The van der Waals surface area contributed by atoms with Gasteiger partial charge in [0.05, 0.1) is 6.54 Å². The van der Waals surface area contributed by atoms with E-state index in [-0.39, 0.29) is 5.91 Å². The number of amides is 1. The molecule has 0 bridgehead atoms. The molecule has 1 amide bonds. The Kier molecular flexibility index (Phi) is 4.94. The van der Waals surface area contributed by atoms with Crippen LogP contribution in [0.15, 0.2) is 0 Å². The lowest BCUT2D eigenvalue weighted by atomic mass is 9.95. The van der Waals surface area contributed by atoms with Crippen LogP contribution in [0.25, 0.3) is 0 Å². The second-order valence-electron chi connectivity index (χ2n) is 4.44. The lowest BCUT2D eigenvalue weighted by Crippen LogP contribution is -2.42. The Balaban J connectivity index is 2.12. The molecule has 0 unspecified atom stereocenters. The van der Waals surface area contributed by atoms with Gasteiger partial charge < -0.3 is 10.6 Å². The molecule has 0 atom stereocenters. The number of hydrogen-bond donors (Lipinski definition) is 2. The predicted octanol–water partition coefficient (Wildman–Crippen LogP) is 1.43. The minimum atomic E-state index is 0.144. The maximum Gasteiger partial charge on any atom is 0.234 e. The van der Waals surface area contributed by atoms with Crippen LogP contribution in [0.5, 0.6) is 0 Å². The van der Waals surface area contributed by atoms with Gasteiger partial charge in [-0.05, 0) is 12.8 Å². The highest BCUT2D eigenvalue weighted by Gasteiger charge is 2.15. The van der Waals surface area contributed by atoms with E-state index in [4.69, 9.17) is 0 Å². The Bertz CT molecular complexity index is 174. The van der Waals surface area contributed by atoms with E-state index in [0.717, 1.165) is 12.8 Å². The quantitative estimate of drug-likeness (QED) is 0.717. The van der Waals surface area contributed by atoms with Gasteiger partial charge in [-0.3, -0.25) is 4.79 Å². The fourth-order valence-corrected chi connectivity index (χ4v) is 1.82. The van der Waals surface area contributed by atoms with Crippen LogP contribution in [0.3, 0.4) is 0 Å². The molecule has 0 radical (unpaired) electrons. The summed E-state index contributed by atoms with van der Waals surface area (Å²) in [6, 6.07) is 0.817. The van der Waals surface area contributed by atoms with E-state index in [9.17, 15) is 4.79 Å². The van der Waals surface area contributed by atoms with Crippen molar-refractivity contribution in [1.82, 2.24) is 10.6 Å². The Morgan fingerprint density at radius 2 is 1.93 bits per heavy atom. The van der Waals surface area contributed by atoms with E-state index in [0.29, 0.717) is 18.6 Å². The second-order valence-corrected chi connectivity index (χ2v) is 4.44. The molecule has 0 aromatic carbocycles. The van der Waals surface area contributed by atoms with Crippen LogP contribution in [0.2, 0.25) is 0 Å². The number of rotatable bonds is 4. The summed E-state index contributed by atoms with van der Waals surface area (Å²) in [5.74, 6) is 0.144. The summed E-state index contributed by atoms with van der Waals surface area (Å²) in [4.78, 5) is 11.4. The zero-order chi connectivity index (χ0) is 10.4. The highest BCUT2D eigenvalue weighted by Crippen LogP contribution is 2.16. The predicted molar refractivity (Wildman–Crippen MR) is 58.2 cm³/mol. The second kappa shape index (κ2) is 6.02. The summed E-state index contributed by atoms with van der Waals surface area (Å²) in [6.45, 7) is 4.55. The third-order valence-corrected chi connectivity index (χ3v) is 2.64. The lowest BCUT2D eigenvalue weighted by molar-refractivity contribution is -0.121. The summed E-state index contributed by atoms with van der Waals surface area (Å²) in [7, 11) is 0. The number of nitrogens with one attached hydrogen (secondary N) is 2. The van der Waals surface area contributed by atoms with Gasteiger partial charge in [0.2, 0.25) is 5.91 Å². The molecule has 1 aliphatic rings. The van der Waals surface area contributed by atoms with Crippen LogP contribution in [0, 0.1) is 0 Å². The first kappa shape index (κ1) is 11.5. The summed E-state index contributed by atoms with van der Waals surface area (Å²) >= 11 is 0. The molecule has 0 spiro atoms. The minimum Gasteiger partial charge on any atom is -0.352 e. The van der Waals surface area contributed by atoms with Crippen molar-refractivity contribution < 1.29 is 4.79 Å². The fraction of sp³-hybridized carbons (Fsp3) is 0.909. The first-order chi connectivity index (χ1) is 6.68. The van der Waals surface area contributed by atoms with Gasteiger partial charge in [-0.15, -0.1) is 0 Å². The molecule has 14 heavy (non-hydrogen) atoms. The fourth-order valence-electron chi connectivity index (χ4n) is 1.82. The van der Waals surface area contributed by atoms with Crippen molar-refractivity contribution in [3.8, 4) is 0 Å². The highest BCUT2D eigenvalue weighted by atomic mass is 16.1. The molecule has 1 fully saturated rings. The van der Waals surface area contributed by atoms with E-state index in [1.165, 1.54) is 19.3 Å². The van der Waals surface area contributed by atoms with Crippen molar-refractivity contribution in [2.75, 3.05) is 6.54 Å². The van der Waals surface area contributed by atoms with Crippen LogP contribution in [0.4, 0.5) is 0 Å². The van der Waals surface area contributed by atoms with Crippen molar-refractivity contribution in [2.45, 2.75) is 58.0 Å². The van der Waals surface area contributed by atoms with Gasteiger partial charge in [-0.25, -0.2) is 0 Å². The maximum atomic E-state index is 11.4. The number of carbonyl (C=O) groups excluding carboxylic acids is 1. The Morgan fingerprint density at radius 3 is 2.50 bits per heavy atom. The van der Waals surface area contributed by atoms with E-state index in [2.05, 4.69) is 10.6 Å². The molecule has 0 aromatic rings. The standard InChI is InChI=1S/C11H22N2O/c1-9(2)12-8-11(14)13-10-6-4-3-5-7-10/h9-10,12H,3-8H2,1-2H3,(H,13,14). The third kappa shape index (κ3) is 4.61. The molecular weight excluding hydrogens is 176 g/mol. The molecule has 1 aliphatic carbocycles. The molecule has 3 heteroatoms. The van der Waals surface area contributed by atoms with Gasteiger partial charge in [0, 0.05) is 12.1 Å². The van der Waals surface area contributed by atoms with Crippen LogP contribution in [0.1, 0.15) is 46.0 Å². The van der Waals surface area contributed by atoms with Crippen LogP contribution < -0.4 is 10.6 Å². The molecule has 0 aromatic heterocycles. The maximum absolute atomic E-state index is 11.4. The van der Waals surface area contributed by atoms with Gasteiger partial charge in [-0.2, -0.15) is 0 Å². The minimum absolute atomic E-state index is 0.144. The Morgan fingerprint density at radius 1 is 1.29 bits per heavy atom. The molecule has 2 N–H and O–H groups in total. The molecule has 0 saturated heterocycles. The van der Waals surface area contributed by atoms with Gasteiger partial charge in [-0.1, -0.05) is 33.1 Å². The molecule has 1 saturated carbocycles. The SMILES string of the molecule is CC(C)NCC(=O)NC1CCCCC1. The highest BCUT2D eigenvalue weighted by molar-refractivity contribution is 5.78. The topological polar surface area (TPSA) is 41.1 Å². The molecular formula is C11H22N2O. The summed E-state index contributed by atoms with van der Waals surface area (Å²) in [6.07, 6.45) is 6.18. The zero-order valence-corrected chi connectivity index (χ0v) is 9.31. The van der Waals surface area contributed by atoms with Gasteiger partial charge in [0.1, 0.15) is 0 Å². The zero-order valence-electron chi connectivity index (χ0n) is 9.31. The van der Waals surface area contributed by atoms with Crippen LogP contribution in [-0.2, 0) is 4.79 Å². The largest absolute Gasteiger partial charge is 0.352 e. The van der Waals surface area contributed by atoms with Crippen molar-refractivity contribution in [1.29, 1.82) is 0 Å². The van der Waals surface area contributed by atoms with E-state index >= 15 is 0 Å². The molecule has 1 rings (SSSR count). The normalized spacial score (nSPS) is 18.5. The van der Waals surface area contributed by atoms with E-state index in [1.807, 2.05) is 13.8 Å². The summed E-state index contributed by atoms with van der Waals surface area (Å²) in [5.41, 5.74) is 0. The number of hydrogen-bond acceptors (Lipinski definition) is 2. The average Bonchev–Trinajstić information content (AvgIpc) is 2.16. The summed E-state index contributed by atoms with van der Waals surface area (Å²) in [5, 5.41) is 6.20. The van der Waals surface area contributed by atoms with Crippen molar-refractivity contribution in [2.24, 2.45) is 0 Å². The first-order valence-electron chi connectivity index (χ1n) is 5.71.